The van der Waals surface area contributed by atoms with Crippen LogP contribution in [0.1, 0.15) is 23.3 Å². The van der Waals surface area contributed by atoms with Gasteiger partial charge in [-0.25, -0.2) is 0 Å². The van der Waals surface area contributed by atoms with Gasteiger partial charge in [0.05, 0.1) is 0 Å². The summed E-state index contributed by atoms with van der Waals surface area (Å²) in [5.41, 5.74) is 1.43. The standard InChI is InChI=1S/C16H27N3S/c1-14-4-11-20-16(14)12-17-5-6-18-7-9-19(10-8-18)13-15-2-3-15/h4,11,15,17H,2-3,5-10,12-13H2,1H3. The maximum atomic E-state index is 3.58. The summed E-state index contributed by atoms with van der Waals surface area (Å²) in [5.74, 6) is 1.04. The molecule has 0 unspecified atom stereocenters. The first kappa shape index (κ1) is 14.5. The Morgan fingerprint density at radius 1 is 1.20 bits per heavy atom. The van der Waals surface area contributed by atoms with Crippen molar-refractivity contribution in [3.05, 3.63) is 21.9 Å². The summed E-state index contributed by atoms with van der Waals surface area (Å²) in [6, 6.07) is 2.21. The first-order chi connectivity index (χ1) is 9.81. The van der Waals surface area contributed by atoms with Gasteiger partial charge in [0.15, 0.2) is 0 Å². The maximum absolute atomic E-state index is 3.58. The van der Waals surface area contributed by atoms with Crippen LogP contribution in [0.3, 0.4) is 0 Å². The van der Waals surface area contributed by atoms with Crippen LogP contribution in [0.5, 0.6) is 0 Å². The number of rotatable bonds is 7. The third kappa shape index (κ3) is 4.29. The van der Waals surface area contributed by atoms with Gasteiger partial charge in [-0.1, -0.05) is 0 Å². The summed E-state index contributed by atoms with van der Waals surface area (Å²) in [7, 11) is 0. The van der Waals surface area contributed by atoms with Crippen LogP contribution in [0.4, 0.5) is 0 Å². The Balaban J connectivity index is 1.27. The van der Waals surface area contributed by atoms with E-state index < -0.39 is 0 Å². The van der Waals surface area contributed by atoms with Crippen molar-refractivity contribution in [3.8, 4) is 0 Å². The van der Waals surface area contributed by atoms with Gasteiger partial charge in [-0.3, -0.25) is 4.90 Å². The first-order valence-corrected chi connectivity index (χ1v) is 8.87. The molecule has 3 rings (SSSR count). The van der Waals surface area contributed by atoms with E-state index in [1.807, 2.05) is 11.3 Å². The third-order valence-electron chi connectivity index (χ3n) is 4.54. The number of nitrogens with one attached hydrogen (secondary N) is 1. The summed E-state index contributed by atoms with van der Waals surface area (Å²) >= 11 is 1.86. The monoisotopic (exact) mass is 293 g/mol. The molecule has 0 bridgehead atoms. The summed E-state index contributed by atoms with van der Waals surface area (Å²) in [4.78, 5) is 6.76. The number of nitrogens with zero attached hydrogens (tertiary/aromatic N) is 2. The highest BCUT2D eigenvalue weighted by Gasteiger charge is 2.26. The lowest BCUT2D eigenvalue weighted by atomic mass is 10.2. The summed E-state index contributed by atoms with van der Waals surface area (Å²) < 4.78 is 0. The van der Waals surface area contributed by atoms with Crippen LogP contribution >= 0.6 is 11.3 Å². The molecule has 1 N–H and O–H groups in total. The fourth-order valence-corrected chi connectivity index (χ4v) is 3.76. The molecule has 112 valence electrons. The Hall–Kier alpha value is -0.420. The Morgan fingerprint density at radius 3 is 2.60 bits per heavy atom. The minimum atomic E-state index is 1.03. The molecule has 1 aliphatic heterocycles. The Morgan fingerprint density at radius 2 is 1.95 bits per heavy atom. The van der Waals surface area contributed by atoms with Gasteiger partial charge in [-0.15, -0.1) is 11.3 Å². The summed E-state index contributed by atoms with van der Waals surface area (Å²) in [5, 5.41) is 5.77. The molecule has 3 nitrogen and oxygen atoms in total. The minimum Gasteiger partial charge on any atom is -0.311 e. The van der Waals surface area contributed by atoms with Crippen molar-refractivity contribution >= 4 is 11.3 Å². The van der Waals surface area contributed by atoms with Gasteiger partial charge in [0.25, 0.3) is 0 Å². The van der Waals surface area contributed by atoms with Crippen molar-refractivity contribution in [1.29, 1.82) is 0 Å². The number of piperazine rings is 1. The normalized spacial score (nSPS) is 21.4. The molecule has 4 heteroatoms. The number of hydrogen-bond acceptors (Lipinski definition) is 4. The second-order valence-electron chi connectivity index (χ2n) is 6.29. The zero-order valence-electron chi connectivity index (χ0n) is 12.6. The fraction of sp³-hybridized carbons (Fsp3) is 0.750. The zero-order valence-corrected chi connectivity index (χ0v) is 13.4. The van der Waals surface area contributed by atoms with Crippen molar-refractivity contribution in [2.24, 2.45) is 5.92 Å². The minimum absolute atomic E-state index is 1.03. The van der Waals surface area contributed by atoms with Crippen molar-refractivity contribution in [2.75, 3.05) is 45.8 Å². The van der Waals surface area contributed by atoms with Crippen LogP contribution < -0.4 is 5.32 Å². The van der Waals surface area contributed by atoms with Crippen molar-refractivity contribution in [3.63, 3.8) is 0 Å². The quantitative estimate of drug-likeness (QED) is 0.777. The predicted molar refractivity (Wildman–Crippen MR) is 86.4 cm³/mol. The van der Waals surface area contributed by atoms with E-state index in [0.29, 0.717) is 0 Å². The maximum Gasteiger partial charge on any atom is 0.0302 e. The summed E-state index contributed by atoms with van der Waals surface area (Å²) in [6.07, 6.45) is 2.96. The van der Waals surface area contributed by atoms with Crippen LogP contribution in [0.25, 0.3) is 0 Å². The van der Waals surface area contributed by atoms with Gasteiger partial charge in [0.2, 0.25) is 0 Å². The lowest BCUT2D eigenvalue weighted by molar-refractivity contribution is 0.129. The SMILES string of the molecule is Cc1ccsc1CNCCN1CCN(CC2CC2)CC1. The molecular formula is C16H27N3S. The largest absolute Gasteiger partial charge is 0.311 e. The predicted octanol–water partition coefficient (Wildman–Crippen LogP) is 2.17. The highest BCUT2D eigenvalue weighted by Crippen LogP contribution is 2.29. The molecule has 0 amide bonds. The van der Waals surface area contributed by atoms with Crippen molar-refractivity contribution in [1.82, 2.24) is 15.1 Å². The van der Waals surface area contributed by atoms with E-state index >= 15 is 0 Å². The zero-order chi connectivity index (χ0) is 13.8. The second-order valence-corrected chi connectivity index (χ2v) is 7.29. The molecule has 0 spiro atoms. The van der Waals surface area contributed by atoms with Crippen LogP contribution in [0.2, 0.25) is 0 Å². The van der Waals surface area contributed by atoms with E-state index in [9.17, 15) is 0 Å². The van der Waals surface area contributed by atoms with E-state index in [2.05, 4.69) is 33.5 Å². The van der Waals surface area contributed by atoms with Crippen LogP contribution in [-0.4, -0.2) is 55.6 Å². The lowest BCUT2D eigenvalue weighted by Gasteiger charge is -2.34. The topological polar surface area (TPSA) is 18.5 Å². The molecule has 0 atom stereocenters. The summed E-state index contributed by atoms with van der Waals surface area (Å²) in [6.45, 7) is 12.0. The number of hydrogen-bond donors (Lipinski definition) is 1. The van der Waals surface area contributed by atoms with E-state index in [1.54, 1.807) is 0 Å². The number of thiophene rings is 1. The molecule has 0 radical (unpaired) electrons. The van der Waals surface area contributed by atoms with Crippen molar-refractivity contribution < 1.29 is 0 Å². The Kier molecular flexibility index (Phi) is 5.10. The van der Waals surface area contributed by atoms with Gasteiger partial charge < -0.3 is 10.2 Å². The van der Waals surface area contributed by atoms with Crippen LogP contribution in [0, 0.1) is 12.8 Å². The molecule has 2 fully saturated rings. The molecule has 1 saturated carbocycles. The van der Waals surface area contributed by atoms with Crippen LogP contribution in [-0.2, 0) is 6.54 Å². The van der Waals surface area contributed by atoms with Gasteiger partial charge >= 0.3 is 0 Å². The molecular weight excluding hydrogens is 266 g/mol. The van der Waals surface area contributed by atoms with Gasteiger partial charge in [0, 0.05) is 57.2 Å². The van der Waals surface area contributed by atoms with E-state index in [4.69, 9.17) is 0 Å². The average Bonchev–Trinajstić information content (AvgIpc) is 3.18. The molecule has 1 aromatic heterocycles. The molecule has 0 aromatic carbocycles. The average molecular weight is 293 g/mol. The van der Waals surface area contributed by atoms with Gasteiger partial charge in [-0.05, 0) is 42.7 Å². The molecule has 1 aliphatic carbocycles. The van der Waals surface area contributed by atoms with Crippen molar-refractivity contribution in [2.45, 2.75) is 26.3 Å². The second kappa shape index (κ2) is 7.03. The molecule has 1 saturated heterocycles. The van der Waals surface area contributed by atoms with Gasteiger partial charge in [-0.2, -0.15) is 0 Å². The number of aryl methyl sites for hydroxylation is 1. The molecule has 2 aliphatic rings. The fourth-order valence-electron chi connectivity index (χ4n) is 2.89. The lowest BCUT2D eigenvalue weighted by Crippen LogP contribution is -2.48. The molecule has 1 aromatic rings. The van der Waals surface area contributed by atoms with E-state index in [0.717, 1.165) is 19.0 Å². The first-order valence-electron chi connectivity index (χ1n) is 7.99. The molecule has 2 heterocycles. The highest BCUT2D eigenvalue weighted by molar-refractivity contribution is 7.10. The third-order valence-corrected chi connectivity index (χ3v) is 5.56. The van der Waals surface area contributed by atoms with E-state index in [1.165, 1.54) is 62.6 Å². The molecule has 20 heavy (non-hydrogen) atoms. The van der Waals surface area contributed by atoms with Gasteiger partial charge in [0.1, 0.15) is 0 Å². The van der Waals surface area contributed by atoms with E-state index in [-0.39, 0.29) is 0 Å². The smallest absolute Gasteiger partial charge is 0.0302 e. The Bertz CT molecular complexity index is 406. The highest BCUT2D eigenvalue weighted by atomic mass is 32.1. The Labute approximate surface area is 127 Å². The van der Waals surface area contributed by atoms with Crippen LogP contribution in [0.15, 0.2) is 11.4 Å².